The largest absolute Gasteiger partial charge is 0.481 e. The molecule has 0 heterocycles. The van der Waals surface area contributed by atoms with Gasteiger partial charge in [0.2, 0.25) is 0 Å². The van der Waals surface area contributed by atoms with Gasteiger partial charge in [0.05, 0.1) is 17.7 Å². The number of carboxylic acids is 1. The number of hydrogen-bond donors (Lipinski definition) is 2. The van der Waals surface area contributed by atoms with Crippen LogP contribution in [0.3, 0.4) is 0 Å². The summed E-state index contributed by atoms with van der Waals surface area (Å²) in [5.74, 6) is -0.397. The molecule has 4 nitrogen and oxygen atoms in total. The fraction of sp³-hybridized carbons (Fsp3) is 0.385. The monoisotopic (exact) mass is 308 g/mol. The van der Waals surface area contributed by atoms with E-state index in [4.69, 9.17) is 10.4 Å². The van der Waals surface area contributed by atoms with Gasteiger partial charge in [0.1, 0.15) is 6.07 Å². The maximum Gasteiger partial charge on any atom is 0.305 e. The fourth-order valence-electron chi connectivity index (χ4n) is 1.96. The number of benzene rings is 1. The second kappa shape index (κ2) is 5.40. The minimum atomic E-state index is -0.810. The van der Waals surface area contributed by atoms with Crippen molar-refractivity contribution in [1.29, 1.82) is 5.26 Å². The average Bonchev–Trinajstić information content (AvgIpc) is 3.13. The Morgan fingerprint density at radius 2 is 2.33 bits per heavy atom. The van der Waals surface area contributed by atoms with Crippen LogP contribution < -0.4 is 5.32 Å². The molecule has 1 saturated carbocycles. The first kappa shape index (κ1) is 12.9. The summed E-state index contributed by atoms with van der Waals surface area (Å²) < 4.78 is 0.839. The van der Waals surface area contributed by atoms with Crippen LogP contribution in [0.4, 0.5) is 5.69 Å². The lowest BCUT2D eigenvalue weighted by Gasteiger charge is -2.18. The van der Waals surface area contributed by atoms with E-state index in [0.717, 1.165) is 17.3 Å². The predicted molar refractivity (Wildman–Crippen MR) is 71.2 cm³/mol. The van der Waals surface area contributed by atoms with Gasteiger partial charge < -0.3 is 10.4 Å². The van der Waals surface area contributed by atoms with E-state index in [1.165, 1.54) is 0 Å². The van der Waals surface area contributed by atoms with E-state index in [-0.39, 0.29) is 12.5 Å². The molecule has 5 heteroatoms. The maximum absolute atomic E-state index is 10.8. The molecular weight excluding hydrogens is 296 g/mol. The summed E-state index contributed by atoms with van der Waals surface area (Å²) in [5, 5.41) is 21.2. The van der Waals surface area contributed by atoms with Crippen molar-refractivity contribution < 1.29 is 9.90 Å². The number of anilines is 1. The van der Waals surface area contributed by atoms with Crippen molar-refractivity contribution in [3.8, 4) is 6.07 Å². The molecule has 1 aromatic carbocycles. The molecule has 1 unspecified atom stereocenters. The Morgan fingerprint density at radius 1 is 1.61 bits per heavy atom. The number of carboxylic acid groups (broad SMARTS) is 1. The van der Waals surface area contributed by atoms with Crippen LogP contribution in [-0.4, -0.2) is 17.1 Å². The Kier molecular flexibility index (Phi) is 3.87. The number of nitrogens with zero attached hydrogens (tertiary/aromatic N) is 1. The predicted octanol–water partition coefficient (Wildman–Crippen LogP) is 2.99. The van der Waals surface area contributed by atoms with Crippen LogP contribution in [0.1, 0.15) is 24.8 Å². The van der Waals surface area contributed by atoms with Gasteiger partial charge in [-0.3, -0.25) is 4.79 Å². The normalized spacial score (nSPS) is 15.8. The quantitative estimate of drug-likeness (QED) is 0.877. The highest BCUT2D eigenvalue weighted by atomic mass is 79.9. The van der Waals surface area contributed by atoms with E-state index in [1.54, 1.807) is 12.1 Å². The lowest BCUT2D eigenvalue weighted by molar-refractivity contribution is -0.137. The summed E-state index contributed by atoms with van der Waals surface area (Å²) >= 11 is 3.31. The van der Waals surface area contributed by atoms with Gasteiger partial charge in [-0.25, -0.2) is 0 Å². The van der Waals surface area contributed by atoms with Crippen LogP contribution in [0.2, 0.25) is 0 Å². The highest BCUT2D eigenvalue weighted by Crippen LogP contribution is 2.36. The van der Waals surface area contributed by atoms with E-state index < -0.39 is 5.97 Å². The van der Waals surface area contributed by atoms with Gasteiger partial charge in [-0.1, -0.05) is 15.9 Å². The Balaban J connectivity index is 2.16. The molecule has 1 aromatic rings. The number of aliphatic carboxylic acids is 1. The summed E-state index contributed by atoms with van der Waals surface area (Å²) in [7, 11) is 0. The topological polar surface area (TPSA) is 73.1 Å². The summed E-state index contributed by atoms with van der Waals surface area (Å²) in [6.07, 6.45) is 2.21. The van der Waals surface area contributed by atoms with Crippen molar-refractivity contribution in [2.75, 3.05) is 5.32 Å². The highest BCUT2D eigenvalue weighted by Gasteiger charge is 2.32. The molecule has 1 fully saturated rings. The van der Waals surface area contributed by atoms with Crippen molar-refractivity contribution in [3.05, 3.63) is 28.2 Å². The minimum absolute atomic E-state index is 0.0872. The van der Waals surface area contributed by atoms with E-state index in [2.05, 4.69) is 27.3 Å². The Labute approximate surface area is 114 Å². The van der Waals surface area contributed by atoms with Crippen LogP contribution >= 0.6 is 15.9 Å². The van der Waals surface area contributed by atoms with Gasteiger partial charge in [0.25, 0.3) is 0 Å². The van der Waals surface area contributed by atoms with Crippen molar-refractivity contribution in [2.45, 2.75) is 25.3 Å². The van der Waals surface area contributed by atoms with Crippen molar-refractivity contribution in [2.24, 2.45) is 5.92 Å². The molecule has 0 spiro atoms. The van der Waals surface area contributed by atoms with Crippen LogP contribution in [0.5, 0.6) is 0 Å². The molecule has 0 amide bonds. The van der Waals surface area contributed by atoms with Crippen LogP contribution in [-0.2, 0) is 4.79 Å². The zero-order chi connectivity index (χ0) is 13.1. The van der Waals surface area contributed by atoms with Gasteiger partial charge in [-0.05, 0) is 37.0 Å². The summed E-state index contributed by atoms with van der Waals surface area (Å²) in [6.45, 7) is 0. The van der Waals surface area contributed by atoms with Gasteiger partial charge in [-0.2, -0.15) is 5.26 Å². The molecule has 2 rings (SSSR count). The van der Waals surface area contributed by atoms with E-state index in [0.29, 0.717) is 17.2 Å². The number of nitriles is 1. The van der Waals surface area contributed by atoms with Crippen molar-refractivity contribution >= 4 is 27.6 Å². The standard InChI is InChI=1S/C13H13BrN2O2/c14-10-3-4-11(9(5-10)7-15)16-12(6-13(17)18)8-1-2-8/h3-5,8,12,16H,1-2,6H2,(H,17,18). The Morgan fingerprint density at radius 3 is 2.89 bits per heavy atom. The first-order valence-corrected chi connectivity index (χ1v) is 6.57. The molecule has 0 saturated heterocycles. The molecule has 0 bridgehead atoms. The summed E-state index contributed by atoms with van der Waals surface area (Å²) in [5.41, 5.74) is 1.24. The molecule has 18 heavy (non-hydrogen) atoms. The number of hydrogen-bond acceptors (Lipinski definition) is 3. The molecule has 0 aliphatic heterocycles. The number of carbonyl (C=O) groups is 1. The van der Waals surface area contributed by atoms with E-state index in [9.17, 15) is 4.79 Å². The fourth-order valence-corrected chi connectivity index (χ4v) is 2.32. The SMILES string of the molecule is N#Cc1cc(Br)ccc1NC(CC(=O)O)C1CC1. The smallest absolute Gasteiger partial charge is 0.305 e. The van der Waals surface area contributed by atoms with E-state index in [1.807, 2.05) is 6.07 Å². The number of nitrogens with one attached hydrogen (secondary N) is 1. The molecule has 1 atom stereocenters. The lowest BCUT2D eigenvalue weighted by Crippen LogP contribution is -2.25. The Bertz CT molecular complexity index is 506. The van der Waals surface area contributed by atoms with Crippen molar-refractivity contribution in [3.63, 3.8) is 0 Å². The third-order valence-electron chi connectivity index (χ3n) is 3.03. The van der Waals surface area contributed by atoms with Crippen LogP contribution in [0.15, 0.2) is 22.7 Å². The molecule has 0 aromatic heterocycles. The molecule has 1 aliphatic carbocycles. The molecule has 1 aliphatic rings. The van der Waals surface area contributed by atoms with Crippen LogP contribution in [0, 0.1) is 17.2 Å². The third-order valence-corrected chi connectivity index (χ3v) is 3.52. The Hall–Kier alpha value is -1.54. The average molecular weight is 309 g/mol. The second-order valence-corrected chi connectivity index (χ2v) is 5.40. The number of halogens is 1. The molecule has 2 N–H and O–H groups in total. The molecule has 94 valence electrons. The summed E-state index contributed by atoms with van der Waals surface area (Å²) in [4.78, 5) is 10.8. The first-order chi connectivity index (χ1) is 8.60. The highest BCUT2D eigenvalue weighted by molar-refractivity contribution is 9.10. The van der Waals surface area contributed by atoms with Crippen LogP contribution in [0.25, 0.3) is 0 Å². The van der Waals surface area contributed by atoms with Gasteiger partial charge >= 0.3 is 5.97 Å². The second-order valence-electron chi connectivity index (χ2n) is 4.49. The zero-order valence-electron chi connectivity index (χ0n) is 9.69. The van der Waals surface area contributed by atoms with Crippen molar-refractivity contribution in [1.82, 2.24) is 0 Å². The first-order valence-electron chi connectivity index (χ1n) is 5.78. The van der Waals surface area contributed by atoms with E-state index >= 15 is 0 Å². The third kappa shape index (κ3) is 3.23. The number of rotatable bonds is 5. The summed E-state index contributed by atoms with van der Waals surface area (Å²) in [6, 6.07) is 7.40. The lowest BCUT2D eigenvalue weighted by atomic mass is 10.1. The van der Waals surface area contributed by atoms with Gasteiger partial charge in [0.15, 0.2) is 0 Å². The minimum Gasteiger partial charge on any atom is -0.481 e. The zero-order valence-corrected chi connectivity index (χ0v) is 11.3. The molecule has 0 radical (unpaired) electrons. The van der Waals surface area contributed by atoms with Gasteiger partial charge in [-0.15, -0.1) is 0 Å². The van der Waals surface area contributed by atoms with Gasteiger partial charge in [0, 0.05) is 10.5 Å². The maximum atomic E-state index is 10.8. The molecular formula is C13H13BrN2O2.